The van der Waals surface area contributed by atoms with E-state index in [4.69, 9.17) is 33.4 Å². The van der Waals surface area contributed by atoms with Crippen LogP contribution in [-0.2, 0) is 0 Å². The maximum atomic E-state index is 10.6. The standard InChI is InChI=1S/C8H4Cl2O4.Na/c9-5-1-3(7(11)12)4(8(13)14)2-6(5)10;/h1-2H,(H,11,12)(H,13,14);. The van der Waals surface area contributed by atoms with Crippen molar-refractivity contribution in [2.75, 3.05) is 0 Å². The summed E-state index contributed by atoms with van der Waals surface area (Å²) in [5.74, 6) is -2.72. The molecule has 1 aromatic carbocycles. The molecule has 0 bridgehead atoms. The number of carboxylic acids is 2. The van der Waals surface area contributed by atoms with Crippen LogP contribution in [0.25, 0.3) is 0 Å². The molecule has 2 N–H and O–H groups in total. The van der Waals surface area contributed by atoms with Gasteiger partial charge in [-0.05, 0) is 12.1 Å². The first-order chi connectivity index (χ1) is 6.43. The van der Waals surface area contributed by atoms with Crippen LogP contribution in [0.15, 0.2) is 12.1 Å². The van der Waals surface area contributed by atoms with Gasteiger partial charge in [0, 0.05) is 29.6 Å². The van der Waals surface area contributed by atoms with E-state index in [1.807, 2.05) is 0 Å². The van der Waals surface area contributed by atoms with E-state index in [2.05, 4.69) is 0 Å². The zero-order chi connectivity index (χ0) is 10.9. The third kappa shape index (κ3) is 3.36. The number of aromatic carboxylic acids is 2. The molecule has 75 valence electrons. The first-order valence-corrected chi connectivity index (χ1v) is 4.14. The Hall–Kier alpha value is -0.260. The van der Waals surface area contributed by atoms with Crippen molar-refractivity contribution in [1.82, 2.24) is 0 Å². The van der Waals surface area contributed by atoms with Crippen molar-refractivity contribution in [3.63, 3.8) is 0 Å². The molecular formula is C8H4Cl2NaO4. The molecule has 0 saturated carbocycles. The first-order valence-electron chi connectivity index (χ1n) is 3.39. The van der Waals surface area contributed by atoms with Crippen LogP contribution in [0.3, 0.4) is 0 Å². The van der Waals surface area contributed by atoms with Gasteiger partial charge in [0.15, 0.2) is 0 Å². The van der Waals surface area contributed by atoms with E-state index in [0.29, 0.717) is 0 Å². The Morgan fingerprint density at radius 2 is 1.20 bits per heavy atom. The van der Waals surface area contributed by atoms with Crippen molar-refractivity contribution in [2.24, 2.45) is 0 Å². The Morgan fingerprint density at radius 1 is 0.933 bits per heavy atom. The number of carboxylic acid groups (broad SMARTS) is 2. The van der Waals surface area contributed by atoms with E-state index < -0.39 is 11.9 Å². The van der Waals surface area contributed by atoms with Crippen molar-refractivity contribution in [3.8, 4) is 0 Å². The second-order valence-corrected chi connectivity index (χ2v) is 3.24. The molecule has 0 fully saturated rings. The number of benzene rings is 1. The maximum absolute atomic E-state index is 10.6. The van der Waals surface area contributed by atoms with Crippen LogP contribution in [-0.4, -0.2) is 51.7 Å². The summed E-state index contributed by atoms with van der Waals surface area (Å²) in [6.07, 6.45) is 0. The quantitative estimate of drug-likeness (QED) is 0.795. The van der Waals surface area contributed by atoms with Crippen LogP contribution >= 0.6 is 23.2 Å². The number of carbonyl (C=O) groups is 2. The van der Waals surface area contributed by atoms with Gasteiger partial charge >= 0.3 is 11.9 Å². The molecule has 0 saturated heterocycles. The minimum Gasteiger partial charge on any atom is -0.478 e. The van der Waals surface area contributed by atoms with E-state index >= 15 is 0 Å². The van der Waals surface area contributed by atoms with Gasteiger partial charge in [0.05, 0.1) is 21.2 Å². The average molecular weight is 258 g/mol. The summed E-state index contributed by atoms with van der Waals surface area (Å²) >= 11 is 11.1. The predicted molar refractivity (Wildman–Crippen MR) is 56.1 cm³/mol. The van der Waals surface area contributed by atoms with Gasteiger partial charge in [-0.2, -0.15) is 0 Å². The number of halogens is 2. The Morgan fingerprint density at radius 3 is 1.40 bits per heavy atom. The summed E-state index contributed by atoms with van der Waals surface area (Å²) < 4.78 is 0. The number of hydrogen-bond donors (Lipinski definition) is 2. The molecule has 0 aliphatic heterocycles. The summed E-state index contributed by atoms with van der Waals surface area (Å²) in [4.78, 5) is 21.2. The number of hydrogen-bond acceptors (Lipinski definition) is 2. The molecule has 0 aromatic heterocycles. The van der Waals surface area contributed by atoms with Gasteiger partial charge in [-0.1, -0.05) is 23.2 Å². The molecule has 4 nitrogen and oxygen atoms in total. The van der Waals surface area contributed by atoms with Crippen molar-refractivity contribution in [3.05, 3.63) is 33.3 Å². The van der Waals surface area contributed by atoms with Gasteiger partial charge in [-0.15, -0.1) is 0 Å². The molecule has 0 heterocycles. The summed E-state index contributed by atoms with van der Waals surface area (Å²) in [5.41, 5.74) is -0.765. The van der Waals surface area contributed by atoms with E-state index in [1.165, 1.54) is 0 Å². The van der Waals surface area contributed by atoms with Gasteiger partial charge in [0.25, 0.3) is 0 Å². The van der Waals surface area contributed by atoms with Crippen molar-refractivity contribution in [1.29, 1.82) is 0 Å². The van der Waals surface area contributed by atoms with Crippen molar-refractivity contribution in [2.45, 2.75) is 0 Å². The van der Waals surface area contributed by atoms with Gasteiger partial charge in [0.2, 0.25) is 0 Å². The molecule has 0 unspecified atom stereocenters. The van der Waals surface area contributed by atoms with Gasteiger partial charge in [0.1, 0.15) is 0 Å². The normalized spacial score (nSPS) is 9.20. The molecule has 15 heavy (non-hydrogen) atoms. The largest absolute Gasteiger partial charge is 0.478 e. The van der Waals surface area contributed by atoms with E-state index in [9.17, 15) is 9.59 Å². The van der Waals surface area contributed by atoms with Crippen LogP contribution in [0.1, 0.15) is 20.7 Å². The minimum atomic E-state index is -1.36. The minimum absolute atomic E-state index is 0. The van der Waals surface area contributed by atoms with Gasteiger partial charge in [-0.3, -0.25) is 0 Å². The van der Waals surface area contributed by atoms with Crippen LogP contribution in [0.5, 0.6) is 0 Å². The van der Waals surface area contributed by atoms with E-state index in [-0.39, 0.29) is 50.7 Å². The Kier molecular flexibility index (Phi) is 5.62. The molecule has 1 aromatic rings. The fraction of sp³-hybridized carbons (Fsp3) is 0. The predicted octanol–water partition coefficient (Wildman–Crippen LogP) is 2.01. The van der Waals surface area contributed by atoms with Crippen LogP contribution in [0.4, 0.5) is 0 Å². The molecule has 7 heteroatoms. The van der Waals surface area contributed by atoms with Crippen LogP contribution in [0, 0.1) is 0 Å². The van der Waals surface area contributed by atoms with E-state index in [1.54, 1.807) is 0 Å². The summed E-state index contributed by atoms with van der Waals surface area (Å²) in [6, 6.07) is 2.02. The first kappa shape index (κ1) is 14.7. The zero-order valence-corrected chi connectivity index (χ0v) is 11.1. The smallest absolute Gasteiger partial charge is 0.336 e. The fourth-order valence-electron chi connectivity index (χ4n) is 0.901. The molecule has 1 radical (unpaired) electrons. The summed E-state index contributed by atoms with van der Waals surface area (Å²) in [6.45, 7) is 0. The number of rotatable bonds is 2. The molecule has 1 rings (SSSR count). The van der Waals surface area contributed by atoms with Crippen molar-refractivity contribution >= 4 is 64.7 Å². The van der Waals surface area contributed by atoms with Crippen molar-refractivity contribution < 1.29 is 19.8 Å². The second kappa shape index (κ2) is 5.72. The van der Waals surface area contributed by atoms with Crippen LogP contribution < -0.4 is 0 Å². The molecular weight excluding hydrogens is 254 g/mol. The summed E-state index contributed by atoms with van der Waals surface area (Å²) in [5, 5.41) is 17.3. The molecule has 0 amide bonds. The van der Waals surface area contributed by atoms with E-state index in [0.717, 1.165) is 12.1 Å². The Labute approximate surface area is 117 Å². The molecule has 0 spiro atoms. The van der Waals surface area contributed by atoms with Gasteiger partial charge < -0.3 is 10.2 Å². The SMILES string of the molecule is O=C(O)c1cc(Cl)c(Cl)cc1C(=O)O.[Na]. The zero-order valence-electron chi connectivity index (χ0n) is 7.62. The second-order valence-electron chi connectivity index (χ2n) is 2.42. The fourth-order valence-corrected chi connectivity index (χ4v) is 1.23. The Balaban J connectivity index is 0.00000196. The average Bonchev–Trinajstić information content (AvgIpc) is 2.08. The molecule has 0 aliphatic carbocycles. The topological polar surface area (TPSA) is 74.6 Å². The monoisotopic (exact) mass is 257 g/mol. The van der Waals surface area contributed by atoms with Crippen LogP contribution in [0.2, 0.25) is 10.0 Å². The molecule has 0 aliphatic rings. The Bertz CT molecular complexity index is 380. The third-order valence-electron chi connectivity index (χ3n) is 1.52. The maximum Gasteiger partial charge on any atom is 0.336 e. The van der Waals surface area contributed by atoms with Gasteiger partial charge in [-0.25, -0.2) is 9.59 Å². The molecule has 0 atom stereocenters. The third-order valence-corrected chi connectivity index (χ3v) is 2.24. The summed E-state index contributed by atoms with van der Waals surface area (Å²) in [7, 11) is 0.